The number of nitrogens with zero attached hydrogens (tertiary/aromatic N) is 3. The molecule has 22 heavy (non-hydrogen) atoms. The Morgan fingerprint density at radius 2 is 2.09 bits per heavy atom. The first kappa shape index (κ1) is 15.5. The van der Waals surface area contributed by atoms with Crippen LogP contribution in [0, 0.1) is 19.8 Å². The van der Waals surface area contributed by atoms with Gasteiger partial charge in [0.1, 0.15) is 5.76 Å². The smallest absolute Gasteiger partial charge is 0.223 e. The number of hydrogen-bond acceptors (Lipinski definition) is 5. The Morgan fingerprint density at radius 3 is 2.82 bits per heavy atom. The molecule has 2 bridgehead atoms. The summed E-state index contributed by atoms with van der Waals surface area (Å²) in [5.74, 6) is 1.46. The quantitative estimate of drug-likeness (QED) is 0.834. The van der Waals surface area contributed by atoms with Gasteiger partial charge in [0.05, 0.1) is 24.9 Å². The standard InChI is InChI=1S/C16H25N3O3/c1-11-15(12(2)22-17-11)4-5-16(20)19-7-13-6-18(3)8-14(19)10-21-9-13/h13-14H,4-10H2,1-3H3/t13-,14-/m0/s1. The van der Waals surface area contributed by atoms with Gasteiger partial charge in [-0.05, 0) is 27.3 Å². The van der Waals surface area contributed by atoms with E-state index in [1.165, 1.54) is 0 Å². The second-order valence-electron chi connectivity index (χ2n) is 6.63. The molecule has 2 aliphatic rings. The third kappa shape index (κ3) is 3.17. The number of carbonyl (C=O) groups excluding carboxylic acids is 1. The van der Waals surface area contributed by atoms with E-state index in [4.69, 9.17) is 9.26 Å². The number of likely N-dealkylation sites (N-methyl/N-ethyl adjacent to an activating group) is 1. The average Bonchev–Trinajstić information content (AvgIpc) is 2.64. The van der Waals surface area contributed by atoms with Crippen LogP contribution in [0.4, 0.5) is 0 Å². The van der Waals surface area contributed by atoms with Gasteiger partial charge in [0.15, 0.2) is 0 Å². The molecule has 2 atom stereocenters. The van der Waals surface area contributed by atoms with Crippen LogP contribution in [-0.4, -0.2) is 66.8 Å². The van der Waals surface area contributed by atoms with Crippen molar-refractivity contribution < 1.29 is 14.1 Å². The summed E-state index contributed by atoms with van der Waals surface area (Å²) in [4.78, 5) is 17.1. The van der Waals surface area contributed by atoms with Gasteiger partial charge in [-0.1, -0.05) is 5.16 Å². The molecule has 0 unspecified atom stereocenters. The number of ether oxygens (including phenoxy) is 1. The van der Waals surface area contributed by atoms with Gasteiger partial charge in [-0.3, -0.25) is 4.79 Å². The lowest BCUT2D eigenvalue weighted by Gasteiger charge is -2.29. The van der Waals surface area contributed by atoms with Gasteiger partial charge >= 0.3 is 0 Å². The summed E-state index contributed by atoms with van der Waals surface area (Å²) >= 11 is 0. The number of rotatable bonds is 3. The van der Waals surface area contributed by atoms with E-state index in [0.717, 1.165) is 43.3 Å². The lowest BCUT2D eigenvalue weighted by atomic mass is 10.1. The highest BCUT2D eigenvalue weighted by Gasteiger charge is 2.34. The Labute approximate surface area is 131 Å². The maximum absolute atomic E-state index is 12.7. The number of aromatic nitrogens is 1. The Hall–Kier alpha value is -1.40. The number of fused-ring (bicyclic) bond motifs is 3. The Bertz CT molecular complexity index is 523. The third-order valence-corrected chi connectivity index (χ3v) is 4.74. The van der Waals surface area contributed by atoms with Gasteiger partial charge in [0.2, 0.25) is 5.91 Å². The van der Waals surface area contributed by atoms with E-state index in [0.29, 0.717) is 25.4 Å². The molecule has 2 saturated heterocycles. The van der Waals surface area contributed by atoms with E-state index in [1.807, 2.05) is 18.7 Å². The van der Waals surface area contributed by atoms with Gasteiger partial charge in [-0.2, -0.15) is 0 Å². The van der Waals surface area contributed by atoms with Crippen molar-refractivity contribution in [2.24, 2.45) is 5.92 Å². The van der Waals surface area contributed by atoms with E-state index in [1.54, 1.807) is 0 Å². The van der Waals surface area contributed by atoms with E-state index in [9.17, 15) is 4.79 Å². The fourth-order valence-electron chi connectivity index (χ4n) is 3.62. The van der Waals surface area contributed by atoms with E-state index in [2.05, 4.69) is 17.1 Å². The summed E-state index contributed by atoms with van der Waals surface area (Å²) < 4.78 is 10.9. The molecule has 3 heterocycles. The fourth-order valence-corrected chi connectivity index (χ4v) is 3.62. The molecule has 0 saturated carbocycles. The van der Waals surface area contributed by atoms with Crippen LogP contribution in [0.1, 0.15) is 23.4 Å². The SMILES string of the molecule is Cc1noc(C)c1CCC(=O)N1C[C@H]2COC[C@@H]1CN(C)C2. The van der Waals surface area contributed by atoms with Crippen molar-refractivity contribution in [2.75, 3.05) is 39.9 Å². The van der Waals surface area contributed by atoms with Crippen molar-refractivity contribution in [3.05, 3.63) is 17.0 Å². The summed E-state index contributed by atoms with van der Waals surface area (Å²) in [6.45, 7) is 7.96. The zero-order chi connectivity index (χ0) is 15.7. The molecule has 0 aliphatic carbocycles. The minimum absolute atomic E-state index is 0.176. The highest BCUT2D eigenvalue weighted by atomic mass is 16.5. The first-order valence-electron chi connectivity index (χ1n) is 8.02. The van der Waals surface area contributed by atoms with Gasteiger partial charge < -0.3 is 19.1 Å². The lowest BCUT2D eigenvalue weighted by Crippen LogP contribution is -2.46. The molecule has 1 aromatic rings. The second-order valence-corrected chi connectivity index (χ2v) is 6.63. The molecular weight excluding hydrogens is 282 g/mol. The number of amides is 1. The highest BCUT2D eigenvalue weighted by Crippen LogP contribution is 2.21. The maximum atomic E-state index is 12.7. The minimum atomic E-state index is 0.176. The summed E-state index contributed by atoms with van der Waals surface area (Å²) in [6.07, 6.45) is 1.21. The number of aryl methyl sites for hydroxylation is 2. The van der Waals surface area contributed by atoms with Crippen LogP contribution in [0.3, 0.4) is 0 Å². The van der Waals surface area contributed by atoms with Gasteiger partial charge in [-0.25, -0.2) is 0 Å². The Balaban J connectivity index is 1.66. The summed E-state index contributed by atoms with van der Waals surface area (Å²) in [5.41, 5.74) is 1.96. The number of hydrogen-bond donors (Lipinski definition) is 0. The average molecular weight is 307 g/mol. The van der Waals surface area contributed by atoms with Crippen molar-refractivity contribution in [2.45, 2.75) is 32.7 Å². The molecule has 3 rings (SSSR count). The van der Waals surface area contributed by atoms with Gasteiger partial charge in [-0.15, -0.1) is 0 Å². The molecule has 2 fully saturated rings. The first-order chi connectivity index (χ1) is 10.5. The van der Waals surface area contributed by atoms with Crippen LogP contribution in [-0.2, 0) is 16.0 Å². The van der Waals surface area contributed by atoms with Crippen LogP contribution in [0.25, 0.3) is 0 Å². The molecule has 0 radical (unpaired) electrons. The zero-order valence-corrected chi connectivity index (χ0v) is 13.7. The molecule has 6 nitrogen and oxygen atoms in total. The van der Waals surface area contributed by atoms with Crippen molar-refractivity contribution in [3.63, 3.8) is 0 Å². The topological polar surface area (TPSA) is 58.8 Å². The molecular formula is C16H25N3O3. The van der Waals surface area contributed by atoms with E-state index in [-0.39, 0.29) is 11.9 Å². The third-order valence-electron chi connectivity index (χ3n) is 4.74. The fraction of sp³-hybridized carbons (Fsp3) is 0.750. The predicted molar refractivity (Wildman–Crippen MR) is 81.6 cm³/mol. The first-order valence-corrected chi connectivity index (χ1v) is 8.02. The van der Waals surface area contributed by atoms with E-state index >= 15 is 0 Å². The van der Waals surface area contributed by atoms with Crippen LogP contribution >= 0.6 is 0 Å². The van der Waals surface area contributed by atoms with Crippen LogP contribution in [0.2, 0.25) is 0 Å². The van der Waals surface area contributed by atoms with Crippen molar-refractivity contribution >= 4 is 5.91 Å². The zero-order valence-electron chi connectivity index (χ0n) is 13.7. The Morgan fingerprint density at radius 1 is 1.27 bits per heavy atom. The molecule has 6 heteroatoms. The van der Waals surface area contributed by atoms with Gasteiger partial charge in [0.25, 0.3) is 0 Å². The molecule has 122 valence electrons. The van der Waals surface area contributed by atoms with Crippen molar-refractivity contribution in [3.8, 4) is 0 Å². The van der Waals surface area contributed by atoms with Crippen molar-refractivity contribution in [1.29, 1.82) is 0 Å². The van der Waals surface area contributed by atoms with Crippen molar-refractivity contribution in [1.82, 2.24) is 15.0 Å². The summed E-state index contributed by atoms with van der Waals surface area (Å²) in [6, 6.07) is 0.176. The van der Waals surface area contributed by atoms with E-state index < -0.39 is 0 Å². The van der Waals surface area contributed by atoms with Crippen LogP contribution in [0.15, 0.2) is 4.52 Å². The van der Waals surface area contributed by atoms with Crippen LogP contribution in [0.5, 0.6) is 0 Å². The largest absolute Gasteiger partial charge is 0.379 e. The molecule has 0 spiro atoms. The molecule has 1 amide bonds. The van der Waals surface area contributed by atoms with Gasteiger partial charge in [0, 0.05) is 37.5 Å². The highest BCUT2D eigenvalue weighted by molar-refractivity contribution is 5.77. The summed E-state index contributed by atoms with van der Waals surface area (Å²) in [7, 11) is 2.13. The lowest BCUT2D eigenvalue weighted by molar-refractivity contribution is -0.133. The minimum Gasteiger partial charge on any atom is -0.379 e. The number of carbonyl (C=O) groups is 1. The second kappa shape index (κ2) is 6.38. The normalized spacial score (nSPS) is 26.0. The maximum Gasteiger partial charge on any atom is 0.223 e. The molecule has 2 aliphatic heterocycles. The summed E-state index contributed by atoms with van der Waals surface area (Å²) in [5, 5.41) is 3.96. The molecule has 0 N–H and O–H groups in total. The van der Waals surface area contributed by atoms with Crippen LogP contribution < -0.4 is 0 Å². The molecule has 1 aromatic heterocycles. The monoisotopic (exact) mass is 307 g/mol. The molecule has 0 aromatic carbocycles. The predicted octanol–water partition coefficient (Wildman–Crippen LogP) is 1.01. The Kier molecular flexibility index (Phi) is 4.49.